The average molecular weight is 440 g/mol. The molecular formula is C25H33N3O2S. The predicted molar refractivity (Wildman–Crippen MR) is 131 cm³/mol. The topological polar surface area (TPSA) is 61.4 Å². The molecule has 0 radical (unpaired) electrons. The quantitative estimate of drug-likeness (QED) is 0.569. The number of carbonyl (C=O) groups excluding carboxylic acids is 2. The molecule has 2 aromatic rings. The van der Waals surface area contributed by atoms with Gasteiger partial charge in [-0.3, -0.25) is 9.59 Å². The van der Waals surface area contributed by atoms with Crippen LogP contribution in [0.2, 0.25) is 0 Å². The van der Waals surface area contributed by atoms with Crippen LogP contribution in [-0.4, -0.2) is 34.9 Å². The maximum Gasteiger partial charge on any atom is 0.253 e. The van der Waals surface area contributed by atoms with Crippen LogP contribution in [-0.2, 0) is 11.2 Å². The van der Waals surface area contributed by atoms with Crippen molar-refractivity contribution < 1.29 is 9.59 Å². The van der Waals surface area contributed by atoms with E-state index < -0.39 is 0 Å². The zero-order valence-corrected chi connectivity index (χ0v) is 19.9. The van der Waals surface area contributed by atoms with E-state index in [2.05, 4.69) is 36.6 Å². The first-order chi connectivity index (χ1) is 14.7. The van der Waals surface area contributed by atoms with Crippen molar-refractivity contribution in [2.75, 3.05) is 18.4 Å². The first kappa shape index (κ1) is 24.5. The van der Waals surface area contributed by atoms with Crippen LogP contribution in [0.5, 0.6) is 0 Å². The van der Waals surface area contributed by atoms with Crippen LogP contribution >= 0.6 is 12.2 Å². The lowest BCUT2D eigenvalue weighted by Gasteiger charge is -2.19. The number of carbonyl (C=O) groups is 2. The number of hydrogen-bond donors (Lipinski definition) is 2. The summed E-state index contributed by atoms with van der Waals surface area (Å²) in [6.45, 7) is 11.5. The van der Waals surface area contributed by atoms with Crippen LogP contribution in [0.25, 0.3) is 0 Å². The zero-order valence-electron chi connectivity index (χ0n) is 19.1. The van der Waals surface area contributed by atoms with Crippen LogP contribution in [0.1, 0.15) is 62.0 Å². The van der Waals surface area contributed by atoms with Gasteiger partial charge in [0.25, 0.3) is 5.91 Å². The highest BCUT2D eigenvalue weighted by Gasteiger charge is 2.17. The van der Waals surface area contributed by atoms with E-state index in [0.29, 0.717) is 30.3 Å². The monoisotopic (exact) mass is 439 g/mol. The van der Waals surface area contributed by atoms with Crippen molar-refractivity contribution in [3.63, 3.8) is 0 Å². The summed E-state index contributed by atoms with van der Waals surface area (Å²) in [5, 5.41) is 5.99. The Balaban J connectivity index is 1.92. The van der Waals surface area contributed by atoms with Gasteiger partial charge < -0.3 is 15.5 Å². The fraction of sp³-hybridized carbons (Fsp3) is 0.400. The SMILES string of the molecule is CCN(CC)C(=O)c1ccc(NC(=S)NC(=O)C(C)c2ccc(CC(C)C)cc2)cc1. The highest BCUT2D eigenvalue weighted by atomic mass is 32.1. The Labute approximate surface area is 191 Å². The normalized spacial score (nSPS) is 11.7. The van der Waals surface area contributed by atoms with Crippen LogP contribution in [0.15, 0.2) is 48.5 Å². The van der Waals surface area contributed by atoms with Gasteiger partial charge in [-0.25, -0.2) is 0 Å². The van der Waals surface area contributed by atoms with E-state index in [1.165, 1.54) is 5.56 Å². The van der Waals surface area contributed by atoms with Gasteiger partial charge in [0, 0.05) is 24.3 Å². The first-order valence-corrected chi connectivity index (χ1v) is 11.3. The summed E-state index contributed by atoms with van der Waals surface area (Å²) < 4.78 is 0. The largest absolute Gasteiger partial charge is 0.339 e. The summed E-state index contributed by atoms with van der Waals surface area (Å²) in [6.07, 6.45) is 1.02. The Morgan fingerprint density at radius 2 is 1.52 bits per heavy atom. The lowest BCUT2D eigenvalue weighted by molar-refractivity contribution is -0.120. The second-order valence-corrected chi connectivity index (χ2v) is 8.47. The molecule has 0 aliphatic carbocycles. The molecule has 0 bridgehead atoms. The third-order valence-corrected chi connectivity index (χ3v) is 5.40. The third-order valence-electron chi connectivity index (χ3n) is 5.19. The first-order valence-electron chi connectivity index (χ1n) is 10.8. The molecule has 0 fully saturated rings. The second kappa shape index (κ2) is 11.6. The van der Waals surface area contributed by atoms with E-state index in [1.54, 1.807) is 29.2 Å². The molecule has 2 amide bonds. The summed E-state index contributed by atoms with van der Waals surface area (Å²) in [6, 6.07) is 15.3. The zero-order chi connectivity index (χ0) is 23.0. The number of rotatable bonds is 8. The van der Waals surface area contributed by atoms with Crippen LogP contribution in [0.3, 0.4) is 0 Å². The Hall–Kier alpha value is -2.73. The maximum absolute atomic E-state index is 12.6. The standard InChI is InChI=1S/C25H33N3O2S/c1-6-28(7-2)24(30)21-12-14-22(15-13-21)26-25(31)27-23(29)18(5)20-10-8-19(9-11-20)16-17(3)4/h8-15,17-18H,6-7,16H2,1-5H3,(H2,26,27,29,31). The van der Waals surface area contributed by atoms with Crippen molar-refractivity contribution in [2.45, 2.75) is 47.0 Å². The van der Waals surface area contributed by atoms with Gasteiger partial charge in [0.1, 0.15) is 0 Å². The van der Waals surface area contributed by atoms with E-state index in [0.717, 1.165) is 12.0 Å². The number of thiocarbonyl (C=S) groups is 1. The van der Waals surface area contributed by atoms with Gasteiger partial charge >= 0.3 is 0 Å². The molecule has 0 saturated carbocycles. The Morgan fingerprint density at radius 3 is 2.03 bits per heavy atom. The Morgan fingerprint density at radius 1 is 0.935 bits per heavy atom. The number of amides is 2. The number of benzene rings is 2. The second-order valence-electron chi connectivity index (χ2n) is 8.06. The molecule has 0 aliphatic heterocycles. The van der Waals surface area contributed by atoms with Crippen molar-refractivity contribution >= 4 is 34.8 Å². The molecular weight excluding hydrogens is 406 g/mol. The number of nitrogens with zero attached hydrogens (tertiary/aromatic N) is 1. The van der Waals surface area contributed by atoms with E-state index >= 15 is 0 Å². The van der Waals surface area contributed by atoms with Gasteiger partial charge in [0.05, 0.1) is 5.92 Å². The smallest absolute Gasteiger partial charge is 0.253 e. The molecule has 166 valence electrons. The van der Waals surface area contributed by atoms with E-state index in [1.807, 2.05) is 32.9 Å². The van der Waals surface area contributed by atoms with E-state index in [9.17, 15) is 9.59 Å². The maximum atomic E-state index is 12.6. The molecule has 0 heterocycles. The number of nitrogens with one attached hydrogen (secondary N) is 2. The third kappa shape index (κ3) is 7.17. The minimum Gasteiger partial charge on any atom is -0.339 e. The number of hydrogen-bond acceptors (Lipinski definition) is 3. The molecule has 0 aliphatic rings. The summed E-state index contributed by atoms with van der Waals surface area (Å²) in [7, 11) is 0. The summed E-state index contributed by atoms with van der Waals surface area (Å²) in [4.78, 5) is 26.8. The Bertz CT molecular complexity index is 888. The van der Waals surface area contributed by atoms with Crippen molar-refractivity contribution in [3.8, 4) is 0 Å². The fourth-order valence-electron chi connectivity index (χ4n) is 3.34. The lowest BCUT2D eigenvalue weighted by atomic mass is 9.96. The highest BCUT2D eigenvalue weighted by Crippen LogP contribution is 2.18. The van der Waals surface area contributed by atoms with Gasteiger partial charge in [-0.1, -0.05) is 38.1 Å². The van der Waals surface area contributed by atoms with Gasteiger partial charge in [0.2, 0.25) is 5.91 Å². The summed E-state index contributed by atoms with van der Waals surface area (Å²) in [5.74, 6) is 0.115. The van der Waals surface area contributed by atoms with Gasteiger partial charge in [-0.2, -0.15) is 0 Å². The predicted octanol–water partition coefficient (Wildman–Crippen LogP) is 4.98. The van der Waals surface area contributed by atoms with Gasteiger partial charge in [0.15, 0.2) is 5.11 Å². The van der Waals surface area contributed by atoms with E-state index in [4.69, 9.17) is 12.2 Å². The number of anilines is 1. The van der Waals surface area contributed by atoms with Crippen molar-refractivity contribution in [1.82, 2.24) is 10.2 Å². The van der Waals surface area contributed by atoms with Crippen molar-refractivity contribution in [1.29, 1.82) is 0 Å². The summed E-state index contributed by atoms with van der Waals surface area (Å²) >= 11 is 5.29. The molecule has 1 atom stereocenters. The highest BCUT2D eigenvalue weighted by molar-refractivity contribution is 7.80. The summed E-state index contributed by atoms with van der Waals surface area (Å²) in [5.41, 5.74) is 3.56. The van der Waals surface area contributed by atoms with Crippen molar-refractivity contribution in [3.05, 3.63) is 65.2 Å². The fourth-order valence-corrected chi connectivity index (χ4v) is 3.56. The molecule has 0 aromatic heterocycles. The van der Waals surface area contributed by atoms with Gasteiger partial charge in [-0.05, 0) is 80.7 Å². The molecule has 31 heavy (non-hydrogen) atoms. The molecule has 2 aromatic carbocycles. The molecule has 0 saturated heterocycles. The van der Waals surface area contributed by atoms with E-state index in [-0.39, 0.29) is 22.8 Å². The molecule has 2 rings (SSSR count). The average Bonchev–Trinajstić information content (AvgIpc) is 2.74. The lowest BCUT2D eigenvalue weighted by Crippen LogP contribution is -2.36. The van der Waals surface area contributed by atoms with Crippen LogP contribution < -0.4 is 10.6 Å². The molecule has 6 heteroatoms. The minimum atomic E-state index is -0.318. The molecule has 1 unspecified atom stereocenters. The molecule has 5 nitrogen and oxygen atoms in total. The van der Waals surface area contributed by atoms with Crippen molar-refractivity contribution in [2.24, 2.45) is 5.92 Å². The van der Waals surface area contributed by atoms with Crippen LogP contribution in [0.4, 0.5) is 5.69 Å². The Kier molecular flexibility index (Phi) is 9.19. The van der Waals surface area contributed by atoms with Gasteiger partial charge in [-0.15, -0.1) is 0 Å². The minimum absolute atomic E-state index is 0.000617. The molecule has 2 N–H and O–H groups in total. The molecule has 0 spiro atoms. The van der Waals surface area contributed by atoms with Crippen LogP contribution in [0, 0.1) is 5.92 Å².